The molecule has 0 fully saturated rings. The number of methoxy groups -OCH3 is 1. The number of ether oxygens (including phenoxy) is 1. The van der Waals surface area contributed by atoms with Gasteiger partial charge < -0.3 is 15.8 Å². The molecule has 106 valence electrons. The van der Waals surface area contributed by atoms with Crippen molar-refractivity contribution in [3.63, 3.8) is 0 Å². The van der Waals surface area contributed by atoms with Gasteiger partial charge in [0.1, 0.15) is 11.8 Å². The first-order valence-electron chi connectivity index (χ1n) is 6.27. The maximum Gasteiger partial charge on any atom is 0.249 e. The summed E-state index contributed by atoms with van der Waals surface area (Å²) in [4.78, 5) is 12.2. The van der Waals surface area contributed by atoms with Gasteiger partial charge in [0, 0.05) is 12.3 Å². The normalized spacial score (nSPS) is 11.9. The van der Waals surface area contributed by atoms with Gasteiger partial charge in [0.05, 0.1) is 24.2 Å². The van der Waals surface area contributed by atoms with Crippen molar-refractivity contribution in [2.75, 3.05) is 18.2 Å². The summed E-state index contributed by atoms with van der Waals surface area (Å²) in [5.74, 6) is 0.473. The van der Waals surface area contributed by atoms with E-state index in [9.17, 15) is 4.79 Å². The molecule has 1 atom stereocenters. The molecule has 0 aliphatic rings. The van der Waals surface area contributed by atoms with E-state index in [2.05, 4.69) is 10.4 Å². The van der Waals surface area contributed by atoms with E-state index < -0.39 is 6.04 Å². The maximum absolute atomic E-state index is 12.2. The lowest BCUT2D eigenvalue weighted by Crippen LogP contribution is -2.24. The van der Waals surface area contributed by atoms with Gasteiger partial charge in [0.25, 0.3) is 0 Å². The van der Waals surface area contributed by atoms with Crippen LogP contribution >= 0.6 is 0 Å². The number of carbonyl (C=O) groups excluding carboxylic acids is 1. The third-order valence-corrected chi connectivity index (χ3v) is 3.03. The number of nitrogen functional groups attached to an aromatic ring is 1. The molecule has 1 aromatic carbocycles. The van der Waals surface area contributed by atoms with Gasteiger partial charge in [-0.2, -0.15) is 5.10 Å². The molecule has 0 radical (unpaired) electrons. The number of aromatic nitrogens is 2. The predicted molar refractivity (Wildman–Crippen MR) is 77.7 cm³/mol. The van der Waals surface area contributed by atoms with Crippen LogP contribution in [0.15, 0.2) is 30.5 Å². The van der Waals surface area contributed by atoms with E-state index in [4.69, 9.17) is 10.5 Å². The van der Waals surface area contributed by atoms with Crippen LogP contribution in [0.4, 0.5) is 11.4 Å². The third kappa shape index (κ3) is 2.90. The highest BCUT2D eigenvalue weighted by Gasteiger charge is 2.16. The average Bonchev–Trinajstić information content (AvgIpc) is 2.86. The molecule has 1 aromatic heterocycles. The van der Waals surface area contributed by atoms with E-state index >= 15 is 0 Å². The Hall–Kier alpha value is -2.50. The van der Waals surface area contributed by atoms with E-state index in [1.807, 2.05) is 13.0 Å². The Labute approximate surface area is 117 Å². The van der Waals surface area contributed by atoms with Gasteiger partial charge in [-0.05, 0) is 32.0 Å². The molecule has 1 unspecified atom stereocenters. The molecular formula is C14H18N4O2. The van der Waals surface area contributed by atoms with Crippen molar-refractivity contribution < 1.29 is 9.53 Å². The van der Waals surface area contributed by atoms with Crippen LogP contribution in [0.5, 0.6) is 5.75 Å². The fourth-order valence-corrected chi connectivity index (χ4v) is 1.79. The summed E-state index contributed by atoms with van der Waals surface area (Å²) in [6.07, 6.45) is 1.77. The molecule has 6 heteroatoms. The van der Waals surface area contributed by atoms with E-state index in [1.54, 1.807) is 43.1 Å². The summed E-state index contributed by atoms with van der Waals surface area (Å²) in [6.45, 7) is 3.66. The molecule has 1 amide bonds. The number of hydrogen-bond acceptors (Lipinski definition) is 4. The van der Waals surface area contributed by atoms with Gasteiger partial charge >= 0.3 is 0 Å². The van der Waals surface area contributed by atoms with Crippen molar-refractivity contribution in [1.82, 2.24) is 9.78 Å². The zero-order valence-electron chi connectivity index (χ0n) is 11.8. The van der Waals surface area contributed by atoms with Gasteiger partial charge in [0.15, 0.2) is 0 Å². The average molecular weight is 274 g/mol. The number of carbonyl (C=O) groups is 1. The predicted octanol–water partition coefficient (Wildman–Crippen LogP) is 1.98. The molecule has 0 aliphatic heterocycles. The minimum Gasteiger partial charge on any atom is -0.497 e. The van der Waals surface area contributed by atoms with Crippen molar-refractivity contribution in [2.45, 2.75) is 19.9 Å². The summed E-state index contributed by atoms with van der Waals surface area (Å²) in [6, 6.07) is 6.57. The number of benzene rings is 1. The molecule has 0 bridgehead atoms. The summed E-state index contributed by atoms with van der Waals surface area (Å²) in [5.41, 5.74) is 7.76. The minimum absolute atomic E-state index is 0.176. The quantitative estimate of drug-likeness (QED) is 0.835. The summed E-state index contributed by atoms with van der Waals surface area (Å²) in [5, 5.41) is 7.02. The third-order valence-electron chi connectivity index (χ3n) is 3.03. The second kappa shape index (κ2) is 5.64. The Bertz CT molecular complexity index is 621. The number of nitrogens with one attached hydrogen (secondary N) is 1. The molecule has 1 heterocycles. The van der Waals surface area contributed by atoms with Gasteiger partial charge in [-0.1, -0.05) is 0 Å². The molecule has 6 nitrogen and oxygen atoms in total. The highest BCUT2D eigenvalue weighted by molar-refractivity contribution is 5.96. The Kier molecular flexibility index (Phi) is 3.93. The Morgan fingerprint density at radius 3 is 2.75 bits per heavy atom. The zero-order chi connectivity index (χ0) is 14.7. The monoisotopic (exact) mass is 274 g/mol. The number of hydrogen-bond donors (Lipinski definition) is 2. The molecule has 2 rings (SSSR count). The maximum atomic E-state index is 12.2. The van der Waals surface area contributed by atoms with Crippen LogP contribution in [0.3, 0.4) is 0 Å². The second-order valence-electron chi connectivity index (χ2n) is 4.56. The van der Waals surface area contributed by atoms with Crippen LogP contribution in [0, 0.1) is 6.92 Å². The van der Waals surface area contributed by atoms with Gasteiger partial charge in [-0.15, -0.1) is 0 Å². The van der Waals surface area contributed by atoms with Crippen molar-refractivity contribution in [3.8, 4) is 5.75 Å². The van der Waals surface area contributed by atoms with Gasteiger partial charge in [-0.25, -0.2) is 0 Å². The van der Waals surface area contributed by atoms with Crippen molar-refractivity contribution in [1.29, 1.82) is 0 Å². The minimum atomic E-state index is -0.412. The van der Waals surface area contributed by atoms with E-state index in [0.717, 1.165) is 5.69 Å². The number of aryl methyl sites for hydroxylation is 1. The summed E-state index contributed by atoms with van der Waals surface area (Å²) >= 11 is 0. The van der Waals surface area contributed by atoms with Crippen molar-refractivity contribution in [3.05, 3.63) is 36.2 Å². The molecule has 20 heavy (non-hydrogen) atoms. The lowest BCUT2D eigenvalue weighted by molar-refractivity contribution is -0.119. The zero-order valence-corrected chi connectivity index (χ0v) is 11.8. The summed E-state index contributed by atoms with van der Waals surface area (Å²) in [7, 11) is 1.56. The molecule has 0 aliphatic carbocycles. The Morgan fingerprint density at radius 1 is 1.45 bits per heavy atom. The first kappa shape index (κ1) is 13.9. The first-order chi connectivity index (χ1) is 9.51. The van der Waals surface area contributed by atoms with Gasteiger partial charge in [0.2, 0.25) is 5.91 Å². The molecule has 3 N–H and O–H groups in total. The standard InChI is InChI=1S/C14H18N4O2/c1-9-6-7-18(17-9)10(2)14(19)16-13-5-4-11(20-3)8-12(13)15/h4-8,10H,15H2,1-3H3,(H,16,19). The summed E-state index contributed by atoms with van der Waals surface area (Å²) < 4.78 is 6.68. The molecule has 0 saturated heterocycles. The largest absolute Gasteiger partial charge is 0.497 e. The first-order valence-corrected chi connectivity index (χ1v) is 6.27. The smallest absolute Gasteiger partial charge is 0.249 e. The Morgan fingerprint density at radius 2 is 2.20 bits per heavy atom. The second-order valence-corrected chi connectivity index (χ2v) is 4.56. The number of nitrogens with two attached hydrogens (primary N) is 1. The van der Waals surface area contributed by atoms with Crippen LogP contribution in [-0.4, -0.2) is 22.8 Å². The highest BCUT2D eigenvalue weighted by Crippen LogP contribution is 2.24. The van der Waals surface area contributed by atoms with E-state index in [1.165, 1.54) is 0 Å². The van der Waals surface area contributed by atoms with Crippen LogP contribution in [-0.2, 0) is 4.79 Å². The van der Waals surface area contributed by atoms with E-state index in [-0.39, 0.29) is 5.91 Å². The van der Waals surface area contributed by atoms with Crippen LogP contribution in [0.25, 0.3) is 0 Å². The van der Waals surface area contributed by atoms with Gasteiger partial charge in [-0.3, -0.25) is 9.48 Å². The Balaban J connectivity index is 2.11. The lowest BCUT2D eigenvalue weighted by Gasteiger charge is -2.14. The molecular weight excluding hydrogens is 256 g/mol. The van der Waals surface area contributed by atoms with Crippen LogP contribution in [0.1, 0.15) is 18.7 Å². The fourth-order valence-electron chi connectivity index (χ4n) is 1.79. The van der Waals surface area contributed by atoms with Crippen LogP contribution in [0.2, 0.25) is 0 Å². The SMILES string of the molecule is COc1ccc(NC(=O)C(C)n2ccc(C)n2)c(N)c1. The molecule has 0 spiro atoms. The topological polar surface area (TPSA) is 82.2 Å². The fraction of sp³-hybridized carbons (Fsp3) is 0.286. The number of nitrogens with zero attached hydrogens (tertiary/aromatic N) is 2. The van der Waals surface area contributed by atoms with E-state index in [0.29, 0.717) is 17.1 Å². The molecule has 0 saturated carbocycles. The van der Waals surface area contributed by atoms with Crippen molar-refractivity contribution in [2.24, 2.45) is 0 Å². The highest BCUT2D eigenvalue weighted by atomic mass is 16.5. The van der Waals surface area contributed by atoms with Crippen LogP contribution < -0.4 is 15.8 Å². The molecule has 2 aromatic rings. The number of anilines is 2. The lowest BCUT2D eigenvalue weighted by atomic mass is 10.2. The van der Waals surface area contributed by atoms with Crippen molar-refractivity contribution >= 4 is 17.3 Å². The number of rotatable bonds is 4. The number of amides is 1.